The first-order valence-electron chi connectivity index (χ1n) is 3.91. The quantitative estimate of drug-likeness (QED) is 0.269. The van der Waals surface area contributed by atoms with E-state index >= 15 is 0 Å². The van der Waals surface area contributed by atoms with Crippen LogP contribution in [-0.4, -0.2) is 19.0 Å². The highest BCUT2D eigenvalue weighted by Gasteiger charge is 2.33. The second-order valence-electron chi connectivity index (χ2n) is 3.31. The fraction of sp³-hybridized carbons (Fsp3) is 0.857. The predicted octanol–water partition coefficient (Wildman–Crippen LogP) is -0.634. The standard InChI is InChI=1S/C7H15N3O/c1-7(6(11)10-8)3-2-4-9-5-7/h9H,2-5,8H2,1H3,(H,10,11). The van der Waals surface area contributed by atoms with Crippen LogP contribution in [0.2, 0.25) is 0 Å². The first-order valence-corrected chi connectivity index (χ1v) is 3.91. The number of carbonyl (C=O) groups excluding carboxylic acids is 1. The lowest BCUT2D eigenvalue weighted by Crippen LogP contribution is -2.50. The molecule has 1 aliphatic rings. The zero-order chi connectivity index (χ0) is 8.32. The Morgan fingerprint density at radius 3 is 2.91 bits per heavy atom. The highest BCUT2D eigenvalue weighted by molar-refractivity contribution is 5.81. The van der Waals surface area contributed by atoms with E-state index in [1.54, 1.807) is 0 Å². The molecule has 1 amide bonds. The maximum atomic E-state index is 11.2. The van der Waals surface area contributed by atoms with Crippen molar-refractivity contribution >= 4 is 5.91 Å². The van der Waals surface area contributed by atoms with Crippen molar-refractivity contribution < 1.29 is 4.79 Å². The number of hydrogen-bond donors (Lipinski definition) is 3. The van der Waals surface area contributed by atoms with Crippen LogP contribution in [0.1, 0.15) is 19.8 Å². The Bertz CT molecular complexity index is 152. The fourth-order valence-corrected chi connectivity index (χ4v) is 1.42. The molecule has 1 saturated heterocycles. The lowest BCUT2D eigenvalue weighted by Gasteiger charge is -2.31. The van der Waals surface area contributed by atoms with Gasteiger partial charge in [-0.2, -0.15) is 0 Å². The summed E-state index contributed by atoms with van der Waals surface area (Å²) in [5, 5.41) is 3.17. The van der Waals surface area contributed by atoms with Gasteiger partial charge in [0.25, 0.3) is 0 Å². The van der Waals surface area contributed by atoms with Crippen molar-refractivity contribution in [3.05, 3.63) is 0 Å². The molecule has 0 aromatic heterocycles. The third-order valence-corrected chi connectivity index (χ3v) is 2.28. The van der Waals surface area contributed by atoms with Crippen molar-refractivity contribution in [2.75, 3.05) is 13.1 Å². The summed E-state index contributed by atoms with van der Waals surface area (Å²) in [7, 11) is 0. The summed E-state index contributed by atoms with van der Waals surface area (Å²) in [5.41, 5.74) is 1.90. The molecule has 0 radical (unpaired) electrons. The van der Waals surface area contributed by atoms with Gasteiger partial charge in [-0.1, -0.05) is 0 Å². The van der Waals surface area contributed by atoms with Crippen LogP contribution in [0.5, 0.6) is 0 Å². The molecule has 0 bridgehead atoms. The van der Waals surface area contributed by atoms with E-state index in [1.165, 1.54) is 0 Å². The first kappa shape index (κ1) is 8.49. The van der Waals surface area contributed by atoms with Crippen LogP contribution in [-0.2, 0) is 4.79 Å². The number of piperidine rings is 1. The minimum absolute atomic E-state index is 0.0651. The largest absolute Gasteiger partial charge is 0.316 e. The van der Waals surface area contributed by atoms with Crippen LogP contribution in [0.25, 0.3) is 0 Å². The molecule has 4 heteroatoms. The van der Waals surface area contributed by atoms with Crippen molar-refractivity contribution in [1.29, 1.82) is 0 Å². The van der Waals surface area contributed by atoms with Crippen LogP contribution in [0, 0.1) is 5.41 Å². The summed E-state index contributed by atoms with van der Waals surface area (Å²) in [5.74, 6) is 5.00. The van der Waals surface area contributed by atoms with Crippen LogP contribution in [0.3, 0.4) is 0 Å². The second-order valence-corrected chi connectivity index (χ2v) is 3.31. The Kier molecular flexibility index (Phi) is 2.46. The van der Waals surface area contributed by atoms with Gasteiger partial charge in [-0.15, -0.1) is 0 Å². The first-order chi connectivity index (χ1) is 5.19. The Balaban J connectivity index is 2.56. The zero-order valence-corrected chi connectivity index (χ0v) is 6.81. The smallest absolute Gasteiger partial charge is 0.241 e. The van der Waals surface area contributed by atoms with E-state index < -0.39 is 0 Å². The second kappa shape index (κ2) is 3.19. The molecule has 1 atom stereocenters. The van der Waals surface area contributed by atoms with Crippen molar-refractivity contribution in [3.8, 4) is 0 Å². The number of amides is 1. The Morgan fingerprint density at radius 1 is 1.73 bits per heavy atom. The molecule has 1 aliphatic heterocycles. The van der Waals surface area contributed by atoms with Crippen LogP contribution >= 0.6 is 0 Å². The maximum Gasteiger partial charge on any atom is 0.241 e. The fourth-order valence-electron chi connectivity index (χ4n) is 1.42. The van der Waals surface area contributed by atoms with Gasteiger partial charge in [0.15, 0.2) is 0 Å². The monoisotopic (exact) mass is 157 g/mol. The number of carbonyl (C=O) groups is 1. The molecule has 1 unspecified atom stereocenters. The third-order valence-electron chi connectivity index (χ3n) is 2.28. The molecule has 1 rings (SSSR count). The molecule has 0 saturated carbocycles. The van der Waals surface area contributed by atoms with Crippen molar-refractivity contribution in [1.82, 2.24) is 10.7 Å². The van der Waals surface area contributed by atoms with Gasteiger partial charge >= 0.3 is 0 Å². The summed E-state index contributed by atoms with van der Waals surface area (Å²) >= 11 is 0. The molecular formula is C7H15N3O. The summed E-state index contributed by atoms with van der Waals surface area (Å²) in [6.45, 7) is 3.67. The van der Waals surface area contributed by atoms with E-state index in [0.29, 0.717) is 0 Å². The number of hydrogen-bond acceptors (Lipinski definition) is 3. The third kappa shape index (κ3) is 1.70. The lowest BCUT2D eigenvalue weighted by atomic mass is 9.82. The van der Waals surface area contributed by atoms with Gasteiger partial charge in [-0.05, 0) is 26.3 Å². The average molecular weight is 157 g/mol. The van der Waals surface area contributed by atoms with Gasteiger partial charge in [0, 0.05) is 6.54 Å². The predicted molar refractivity (Wildman–Crippen MR) is 42.5 cm³/mol. The van der Waals surface area contributed by atoms with Crippen molar-refractivity contribution in [3.63, 3.8) is 0 Å². The zero-order valence-electron chi connectivity index (χ0n) is 6.81. The highest BCUT2D eigenvalue weighted by Crippen LogP contribution is 2.24. The molecule has 0 aromatic carbocycles. The average Bonchev–Trinajstić information content (AvgIpc) is 2.04. The van der Waals surface area contributed by atoms with Gasteiger partial charge in [0.1, 0.15) is 0 Å². The van der Waals surface area contributed by atoms with Gasteiger partial charge in [-0.3, -0.25) is 10.2 Å². The van der Waals surface area contributed by atoms with E-state index in [0.717, 1.165) is 25.9 Å². The topological polar surface area (TPSA) is 67.2 Å². The van der Waals surface area contributed by atoms with Crippen LogP contribution < -0.4 is 16.6 Å². The lowest BCUT2D eigenvalue weighted by molar-refractivity contribution is -0.131. The normalized spacial score (nSPS) is 31.5. The molecule has 0 aromatic rings. The van der Waals surface area contributed by atoms with E-state index in [9.17, 15) is 4.79 Å². The molecule has 1 heterocycles. The van der Waals surface area contributed by atoms with Crippen LogP contribution in [0.15, 0.2) is 0 Å². The Hall–Kier alpha value is -0.610. The van der Waals surface area contributed by atoms with Gasteiger partial charge in [0.2, 0.25) is 5.91 Å². The molecule has 4 nitrogen and oxygen atoms in total. The summed E-state index contributed by atoms with van der Waals surface area (Å²) in [6, 6.07) is 0. The molecular weight excluding hydrogens is 142 g/mol. The molecule has 0 spiro atoms. The van der Waals surface area contributed by atoms with Crippen molar-refractivity contribution in [2.24, 2.45) is 11.3 Å². The van der Waals surface area contributed by atoms with E-state index in [4.69, 9.17) is 5.84 Å². The van der Waals surface area contributed by atoms with Crippen LogP contribution in [0.4, 0.5) is 0 Å². The number of nitrogens with one attached hydrogen (secondary N) is 2. The maximum absolute atomic E-state index is 11.2. The summed E-state index contributed by atoms with van der Waals surface area (Å²) in [6.07, 6.45) is 1.97. The number of rotatable bonds is 1. The molecule has 11 heavy (non-hydrogen) atoms. The number of hydrazine groups is 1. The highest BCUT2D eigenvalue weighted by atomic mass is 16.2. The summed E-state index contributed by atoms with van der Waals surface area (Å²) in [4.78, 5) is 11.2. The minimum Gasteiger partial charge on any atom is -0.316 e. The minimum atomic E-state index is -0.299. The van der Waals surface area contributed by atoms with Crippen molar-refractivity contribution in [2.45, 2.75) is 19.8 Å². The van der Waals surface area contributed by atoms with E-state index in [2.05, 4.69) is 10.7 Å². The van der Waals surface area contributed by atoms with Gasteiger partial charge in [0.05, 0.1) is 5.41 Å². The Morgan fingerprint density at radius 2 is 2.45 bits per heavy atom. The SMILES string of the molecule is CC1(C(=O)NN)CCCNC1. The van der Waals surface area contributed by atoms with E-state index in [1.807, 2.05) is 6.92 Å². The van der Waals surface area contributed by atoms with Gasteiger partial charge < -0.3 is 5.32 Å². The molecule has 1 fully saturated rings. The molecule has 4 N–H and O–H groups in total. The Labute approximate surface area is 66.5 Å². The summed E-state index contributed by atoms with van der Waals surface area (Å²) < 4.78 is 0. The number of nitrogens with two attached hydrogens (primary N) is 1. The molecule has 0 aliphatic carbocycles. The van der Waals surface area contributed by atoms with Gasteiger partial charge in [-0.25, -0.2) is 5.84 Å². The van der Waals surface area contributed by atoms with E-state index in [-0.39, 0.29) is 11.3 Å². The molecule has 64 valence electrons.